The Hall–Kier alpha value is -0.610. The van der Waals surface area contributed by atoms with Crippen LogP contribution in [0.2, 0.25) is 0 Å². The van der Waals surface area contributed by atoms with E-state index in [1.165, 1.54) is 0 Å². The van der Waals surface area contributed by atoms with Crippen LogP contribution in [-0.4, -0.2) is 49.7 Å². The highest BCUT2D eigenvalue weighted by Crippen LogP contribution is 2.05. The van der Waals surface area contributed by atoms with E-state index in [9.17, 15) is 4.79 Å². The number of hydrogen-bond acceptors (Lipinski definition) is 3. The SMILES string of the molecule is CC(C)N(C)C(=O)CNC1CCOCC1. The van der Waals surface area contributed by atoms with Crippen molar-refractivity contribution >= 4 is 5.91 Å². The second-order valence-corrected chi connectivity index (χ2v) is 4.37. The average Bonchev–Trinajstić information content (AvgIpc) is 2.26. The molecule has 15 heavy (non-hydrogen) atoms. The van der Waals surface area contributed by atoms with Crippen LogP contribution in [0.3, 0.4) is 0 Å². The summed E-state index contributed by atoms with van der Waals surface area (Å²) in [6.07, 6.45) is 2.03. The van der Waals surface area contributed by atoms with Gasteiger partial charge >= 0.3 is 0 Å². The molecule has 88 valence electrons. The van der Waals surface area contributed by atoms with Gasteiger partial charge in [0.05, 0.1) is 6.54 Å². The number of nitrogens with one attached hydrogen (secondary N) is 1. The second-order valence-electron chi connectivity index (χ2n) is 4.37. The fourth-order valence-electron chi connectivity index (χ4n) is 1.55. The van der Waals surface area contributed by atoms with Gasteiger partial charge in [-0.2, -0.15) is 0 Å². The number of amides is 1. The second kappa shape index (κ2) is 6.08. The minimum Gasteiger partial charge on any atom is -0.381 e. The summed E-state index contributed by atoms with van der Waals surface area (Å²) in [5.74, 6) is 0.163. The molecule has 0 aliphatic carbocycles. The Balaban J connectivity index is 2.20. The Kier molecular flexibility index (Phi) is 5.05. The molecule has 1 heterocycles. The van der Waals surface area contributed by atoms with E-state index >= 15 is 0 Å². The fourth-order valence-corrected chi connectivity index (χ4v) is 1.55. The van der Waals surface area contributed by atoms with Crippen molar-refractivity contribution in [2.45, 2.75) is 38.8 Å². The summed E-state index contributed by atoms with van der Waals surface area (Å²) < 4.78 is 5.26. The molecule has 0 radical (unpaired) electrons. The standard InChI is InChI=1S/C11H22N2O2/c1-9(2)13(3)11(14)8-12-10-4-6-15-7-5-10/h9-10,12H,4-8H2,1-3H3. The van der Waals surface area contributed by atoms with E-state index in [0.717, 1.165) is 26.1 Å². The molecule has 0 saturated carbocycles. The highest BCUT2D eigenvalue weighted by molar-refractivity contribution is 5.78. The summed E-state index contributed by atoms with van der Waals surface area (Å²) >= 11 is 0. The highest BCUT2D eigenvalue weighted by atomic mass is 16.5. The van der Waals surface area contributed by atoms with E-state index in [-0.39, 0.29) is 11.9 Å². The first-order valence-corrected chi connectivity index (χ1v) is 5.68. The molecule has 0 aromatic carbocycles. The molecule has 4 nitrogen and oxygen atoms in total. The lowest BCUT2D eigenvalue weighted by molar-refractivity contribution is -0.130. The molecular formula is C11H22N2O2. The van der Waals surface area contributed by atoms with Crippen molar-refractivity contribution in [3.8, 4) is 0 Å². The number of carbonyl (C=O) groups is 1. The number of rotatable bonds is 4. The first-order chi connectivity index (χ1) is 7.11. The van der Waals surface area contributed by atoms with E-state index in [1.807, 2.05) is 20.9 Å². The average molecular weight is 214 g/mol. The zero-order valence-electron chi connectivity index (χ0n) is 9.95. The van der Waals surface area contributed by atoms with Crippen molar-refractivity contribution in [2.24, 2.45) is 0 Å². The summed E-state index contributed by atoms with van der Waals surface area (Å²) in [6.45, 7) is 6.11. The fraction of sp³-hybridized carbons (Fsp3) is 0.909. The van der Waals surface area contributed by atoms with Gasteiger partial charge in [-0.1, -0.05) is 0 Å². The van der Waals surface area contributed by atoms with Gasteiger partial charge in [-0.3, -0.25) is 4.79 Å². The molecule has 0 unspecified atom stereocenters. The Labute approximate surface area is 92.0 Å². The molecule has 4 heteroatoms. The first kappa shape index (κ1) is 12.5. The van der Waals surface area contributed by atoms with Gasteiger partial charge in [0.2, 0.25) is 5.91 Å². The molecule has 1 aliphatic heterocycles. The summed E-state index contributed by atoms with van der Waals surface area (Å²) in [7, 11) is 1.85. The molecule has 1 amide bonds. The molecule has 1 N–H and O–H groups in total. The molecule has 0 aromatic rings. The Morgan fingerprint density at radius 1 is 1.47 bits per heavy atom. The molecule has 0 spiro atoms. The predicted molar refractivity (Wildman–Crippen MR) is 59.7 cm³/mol. The molecular weight excluding hydrogens is 192 g/mol. The monoisotopic (exact) mass is 214 g/mol. The van der Waals surface area contributed by atoms with Gasteiger partial charge < -0.3 is 15.0 Å². The number of ether oxygens (including phenoxy) is 1. The van der Waals surface area contributed by atoms with Crippen LogP contribution in [0, 0.1) is 0 Å². The van der Waals surface area contributed by atoms with Crippen molar-refractivity contribution in [2.75, 3.05) is 26.8 Å². The lowest BCUT2D eigenvalue weighted by Crippen LogP contribution is -2.44. The van der Waals surface area contributed by atoms with Crippen molar-refractivity contribution in [3.05, 3.63) is 0 Å². The largest absolute Gasteiger partial charge is 0.381 e. The maximum Gasteiger partial charge on any atom is 0.236 e. The number of nitrogens with zero attached hydrogens (tertiary/aromatic N) is 1. The first-order valence-electron chi connectivity index (χ1n) is 5.68. The van der Waals surface area contributed by atoms with E-state index in [0.29, 0.717) is 12.6 Å². The van der Waals surface area contributed by atoms with Gasteiger partial charge in [0, 0.05) is 32.3 Å². The van der Waals surface area contributed by atoms with Gasteiger partial charge in [0.15, 0.2) is 0 Å². The Morgan fingerprint density at radius 2 is 2.07 bits per heavy atom. The van der Waals surface area contributed by atoms with Gasteiger partial charge in [0.25, 0.3) is 0 Å². The molecule has 0 aromatic heterocycles. The van der Waals surface area contributed by atoms with Crippen LogP contribution in [0.25, 0.3) is 0 Å². The van der Waals surface area contributed by atoms with Crippen LogP contribution in [-0.2, 0) is 9.53 Å². The van der Waals surface area contributed by atoms with Crippen LogP contribution < -0.4 is 5.32 Å². The molecule has 0 bridgehead atoms. The van der Waals surface area contributed by atoms with Crippen molar-refractivity contribution in [3.63, 3.8) is 0 Å². The molecule has 1 aliphatic rings. The van der Waals surface area contributed by atoms with E-state index in [4.69, 9.17) is 4.74 Å². The normalized spacial score (nSPS) is 18.1. The third-order valence-electron chi connectivity index (χ3n) is 2.93. The quantitative estimate of drug-likeness (QED) is 0.746. The van der Waals surface area contributed by atoms with Crippen LogP contribution in [0.5, 0.6) is 0 Å². The third-order valence-corrected chi connectivity index (χ3v) is 2.93. The zero-order chi connectivity index (χ0) is 11.3. The van der Waals surface area contributed by atoms with Crippen LogP contribution in [0.4, 0.5) is 0 Å². The van der Waals surface area contributed by atoms with Gasteiger partial charge in [-0.15, -0.1) is 0 Å². The summed E-state index contributed by atoms with van der Waals surface area (Å²) in [5, 5.41) is 3.29. The molecule has 1 saturated heterocycles. The van der Waals surface area contributed by atoms with Gasteiger partial charge in [-0.05, 0) is 26.7 Å². The zero-order valence-corrected chi connectivity index (χ0v) is 9.95. The molecule has 0 atom stereocenters. The Morgan fingerprint density at radius 3 is 2.60 bits per heavy atom. The lowest BCUT2D eigenvalue weighted by Gasteiger charge is -2.26. The van der Waals surface area contributed by atoms with E-state index in [1.54, 1.807) is 4.90 Å². The van der Waals surface area contributed by atoms with E-state index < -0.39 is 0 Å². The number of likely N-dealkylation sites (N-methyl/N-ethyl adjacent to an activating group) is 1. The smallest absolute Gasteiger partial charge is 0.236 e. The minimum absolute atomic E-state index is 0.163. The maximum atomic E-state index is 11.7. The van der Waals surface area contributed by atoms with Crippen LogP contribution in [0.15, 0.2) is 0 Å². The number of carbonyl (C=O) groups excluding carboxylic acids is 1. The van der Waals surface area contributed by atoms with Crippen LogP contribution in [0.1, 0.15) is 26.7 Å². The van der Waals surface area contributed by atoms with Gasteiger partial charge in [0.1, 0.15) is 0 Å². The Bertz CT molecular complexity index is 201. The summed E-state index contributed by atoms with van der Waals surface area (Å²) in [6, 6.07) is 0.720. The maximum absolute atomic E-state index is 11.7. The predicted octanol–water partition coefficient (Wildman–Crippen LogP) is 0.622. The number of hydrogen-bond donors (Lipinski definition) is 1. The van der Waals surface area contributed by atoms with Crippen molar-refractivity contribution < 1.29 is 9.53 Å². The van der Waals surface area contributed by atoms with Crippen molar-refractivity contribution in [1.29, 1.82) is 0 Å². The van der Waals surface area contributed by atoms with Gasteiger partial charge in [-0.25, -0.2) is 0 Å². The molecule has 1 fully saturated rings. The highest BCUT2D eigenvalue weighted by Gasteiger charge is 2.16. The van der Waals surface area contributed by atoms with Crippen LogP contribution >= 0.6 is 0 Å². The molecule has 1 rings (SSSR count). The van der Waals surface area contributed by atoms with Crippen molar-refractivity contribution in [1.82, 2.24) is 10.2 Å². The minimum atomic E-state index is 0.163. The summed E-state index contributed by atoms with van der Waals surface area (Å²) in [5.41, 5.74) is 0. The van der Waals surface area contributed by atoms with E-state index in [2.05, 4.69) is 5.32 Å². The topological polar surface area (TPSA) is 41.6 Å². The lowest BCUT2D eigenvalue weighted by atomic mass is 10.1. The third kappa shape index (κ3) is 4.18. The summed E-state index contributed by atoms with van der Waals surface area (Å²) in [4.78, 5) is 13.4.